The smallest absolute Gasteiger partial charge is 0.408 e. The van der Waals surface area contributed by atoms with E-state index in [4.69, 9.17) is 5.11 Å². The predicted octanol–water partition coefficient (Wildman–Crippen LogP) is -0.623. The minimum absolute atomic E-state index is 0.0363. The van der Waals surface area contributed by atoms with E-state index in [-0.39, 0.29) is 6.61 Å². The van der Waals surface area contributed by atoms with Crippen molar-refractivity contribution in [2.75, 3.05) is 6.61 Å². The fourth-order valence-electron chi connectivity index (χ4n) is 0.980. The Kier molecular flexibility index (Phi) is 7.41. The molecule has 0 saturated heterocycles. The summed E-state index contributed by atoms with van der Waals surface area (Å²) in [5.41, 5.74) is 0. The van der Waals surface area contributed by atoms with Gasteiger partial charge in [-0.1, -0.05) is 12.7 Å². The third-order valence-electron chi connectivity index (χ3n) is 1.84. The Bertz CT molecular complexity index is 408. The average Bonchev–Trinajstić information content (AvgIpc) is 2.34. The maximum absolute atomic E-state index is 11.6. The van der Waals surface area contributed by atoms with E-state index in [1.165, 1.54) is 13.0 Å². The van der Waals surface area contributed by atoms with Crippen LogP contribution in [0.1, 0.15) is 13.8 Å². The van der Waals surface area contributed by atoms with Crippen LogP contribution in [0.4, 0.5) is 4.79 Å². The number of carbonyl (C=O) groups is 4. The van der Waals surface area contributed by atoms with Crippen LogP contribution in [0.3, 0.4) is 0 Å². The quantitative estimate of drug-likeness (QED) is 0.323. The Labute approximate surface area is 114 Å². The van der Waals surface area contributed by atoms with Crippen LogP contribution >= 0.6 is 0 Å². The van der Waals surface area contributed by atoms with Crippen molar-refractivity contribution >= 4 is 23.9 Å². The van der Waals surface area contributed by atoms with Gasteiger partial charge in [-0.15, -0.1) is 0 Å². The van der Waals surface area contributed by atoms with Gasteiger partial charge in [0, 0.05) is 6.92 Å². The van der Waals surface area contributed by atoms with E-state index in [2.05, 4.69) is 21.4 Å². The van der Waals surface area contributed by atoms with E-state index in [1.54, 1.807) is 0 Å². The Morgan fingerprint density at radius 1 is 1.30 bits per heavy atom. The molecule has 0 saturated carbocycles. The second-order valence-electron chi connectivity index (χ2n) is 3.59. The van der Waals surface area contributed by atoms with Gasteiger partial charge in [0.25, 0.3) is 6.23 Å². The third kappa shape index (κ3) is 6.99. The summed E-state index contributed by atoms with van der Waals surface area (Å²) in [4.78, 5) is 44.2. The Balaban J connectivity index is 4.41. The second kappa shape index (κ2) is 8.51. The van der Waals surface area contributed by atoms with Crippen molar-refractivity contribution in [3.8, 4) is 0 Å². The highest BCUT2D eigenvalue weighted by Gasteiger charge is 2.26. The first-order chi connectivity index (χ1) is 9.27. The number of aliphatic carboxylic acids is 1. The summed E-state index contributed by atoms with van der Waals surface area (Å²) >= 11 is 0. The van der Waals surface area contributed by atoms with Crippen molar-refractivity contribution in [1.82, 2.24) is 10.6 Å². The molecular weight excluding hydrogens is 272 g/mol. The van der Waals surface area contributed by atoms with Gasteiger partial charge in [-0.3, -0.25) is 9.59 Å². The largest absolute Gasteiger partial charge is 0.477 e. The molecule has 3 N–H and O–H groups in total. The molecule has 0 aliphatic rings. The first kappa shape index (κ1) is 17.4. The summed E-state index contributed by atoms with van der Waals surface area (Å²) in [5, 5.41) is 12.8. The molecule has 9 nitrogen and oxygen atoms in total. The molecule has 0 aliphatic carbocycles. The summed E-state index contributed by atoms with van der Waals surface area (Å²) in [7, 11) is 0. The topological polar surface area (TPSA) is 131 Å². The molecule has 0 fully saturated rings. The van der Waals surface area contributed by atoms with E-state index in [9.17, 15) is 19.2 Å². The number of alkyl carbamates (subject to hydrolysis) is 1. The summed E-state index contributed by atoms with van der Waals surface area (Å²) in [5.74, 6) is -3.27. The fraction of sp³-hybridized carbons (Fsp3) is 0.455. The highest BCUT2D eigenvalue weighted by atomic mass is 16.6. The van der Waals surface area contributed by atoms with Crippen LogP contribution < -0.4 is 10.6 Å². The zero-order valence-electron chi connectivity index (χ0n) is 11.0. The molecule has 0 bridgehead atoms. The van der Waals surface area contributed by atoms with Gasteiger partial charge in [0.05, 0.1) is 0 Å². The number of esters is 1. The number of rotatable bonds is 7. The molecule has 112 valence electrons. The molecule has 0 aromatic carbocycles. The monoisotopic (exact) mass is 288 g/mol. The number of hydrogen-bond acceptors (Lipinski definition) is 6. The van der Waals surface area contributed by atoms with Gasteiger partial charge < -0.3 is 25.2 Å². The fourth-order valence-corrected chi connectivity index (χ4v) is 0.980. The number of carboxylic acids is 1. The lowest BCUT2D eigenvalue weighted by Gasteiger charge is -2.18. The van der Waals surface area contributed by atoms with Gasteiger partial charge in [-0.05, 0) is 6.92 Å². The van der Waals surface area contributed by atoms with Crippen LogP contribution in [0.15, 0.2) is 12.7 Å². The second-order valence-corrected chi connectivity index (χ2v) is 3.59. The van der Waals surface area contributed by atoms with Gasteiger partial charge in [0.1, 0.15) is 12.6 Å². The maximum atomic E-state index is 11.6. The number of ether oxygens (including phenoxy) is 2. The first-order valence-corrected chi connectivity index (χ1v) is 5.52. The number of hydrogen-bond donors (Lipinski definition) is 3. The van der Waals surface area contributed by atoms with Crippen molar-refractivity contribution in [3.63, 3.8) is 0 Å². The lowest BCUT2D eigenvalue weighted by atomic mass is 10.3. The van der Waals surface area contributed by atoms with Gasteiger partial charge in [0.2, 0.25) is 5.91 Å². The molecule has 0 aromatic rings. The SMILES string of the molecule is C=CCOC(=O)N[C@@H](C)C(=O)NC(OC(C)=O)C(=O)O. The molecule has 0 aromatic heterocycles. The van der Waals surface area contributed by atoms with E-state index in [0.717, 1.165) is 6.92 Å². The van der Waals surface area contributed by atoms with Crippen molar-refractivity contribution in [2.45, 2.75) is 26.1 Å². The number of amides is 2. The maximum Gasteiger partial charge on any atom is 0.408 e. The minimum atomic E-state index is -1.83. The van der Waals surface area contributed by atoms with Crippen LogP contribution in [0.5, 0.6) is 0 Å². The van der Waals surface area contributed by atoms with E-state index in [1.807, 2.05) is 5.32 Å². The summed E-state index contributed by atoms with van der Waals surface area (Å²) in [6.45, 7) is 5.60. The summed E-state index contributed by atoms with van der Waals surface area (Å²) in [6, 6.07) is -1.08. The molecule has 20 heavy (non-hydrogen) atoms. The van der Waals surface area contributed by atoms with Crippen LogP contribution in [0.2, 0.25) is 0 Å². The zero-order valence-corrected chi connectivity index (χ0v) is 11.0. The highest BCUT2D eigenvalue weighted by Crippen LogP contribution is 1.93. The Morgan fingerprint density at radius 2 is 1.90 bits per heavy atom. The first-order valence-electron chi connectivity index (χ1n) is 5.52. The molecular formula is C11H16N2O7. The molecule has 9 heteroatoms. The Morgan fingerprint density at radius 3 is 2.35 bits per heavy atom. The zero-order chi connectivity index (χ0) is 15.7. The molecule has 0 radical (unpaired) electrons. The van der Waals surface area contributed by atoms with Gasteiger partial charge in [0.15, 0.2) is 0 Å². The average molecular weight is 288 g/mol. The van der Waals surface area contributed by atoms with Crippen molar-refractivity contribution in [1.29, 1.82) is 0 Å². The minimum Gasteiger partial charge on any atom is -0.477 e. The normalized spacial score (nSPS) is 12.5. The molecule has 0 spiro atoms. The van der Waals surface area contributed by atoms with Gasteiger partial charge in [-0.25, -0.2) is 9.59 Å². The molecule has 0 aliphatic heterocycles. The molecule has 0 heterocycles. The van der Waals surface area contributed by atoms with E-state index in [0.29, 0.717) is 0 Å². The van der Waals surface area contributed by atoms with Crippen molar-refractivity contribution in [2.24, 2.45) is 0 Å². The summed E-state index contributed by atoms with van der Waals surface area (Å²) < 4.78 is 8.95. The van der Waals surface area contributed by atoms with E-state index >= 15 is 0 Å². The van der Waals surface area contributed by atoms with Crippen LogP contribution in [-0.2, 0) is 23.9 Å². The molecule has 2 amide bonds. The number of carbonyl (C=O) groups excluding carboxylic acids is 3. The standard InChI is InChI=1S/C11H16N2O7/c1-4-5-19-11(18)12-6(2)8(15)13-9(10(16)17)20-7(3)14/h4,6,9H,1,5H2,2-3H3,(H,12,18)(H,13,15)(H,16,17)/t6-,9?/m0/s1. The molecule has 1 unspecified atom stereocenters. The van der Waals surface area contributed by atoms with Crippen molar-refractivity contribution < 1.29 is 33.8 Å². The lowest BCUT2D eigenvalue weighted by Crippen LogP contribution is -2.51. The lowest BCUT2D eigenvalue weighted by molar-refractivity contribution is -0.166. The van der Waals surface area contributed by atoms with E-state index < -0.39 is 36.2 Å². The van der Waals surface area contributed by atoms with Gasteiger partial charge >= 0.3 is 18.0 Å². The van der Waals surface area contributed by atoms with Gasteiger partial charge in [-0.2, -0.15) is 0 Å². The predicted molar refractivity (Wildman–Crippen MR) is 65.5 cm³/mol. The van der Waals surface area contributed by atoms with Crippen LogP contribution in [0, 0.1) is 0 Å². The van der Waals surface area contributed by atoms with Crippen molar-refractivity contribution in [3.05, 3.63) is 12.7 Å². The number of nitrogens with one attached hydrogen (secondary N) is 2. The Hall–Kier alpha value is -2.58. The summed E-state index contributed by atoms with van der Waals surface area (Å²) in [6.07, 6.45) is -1.36. The highest BCUT2D eigenvalue weighted by molar-refractivity contribution is 5.89. The molecule has 2 atom stereocenters. The molecule has 0 rings (SSSR count). The third-order valence-corrected chi connectivity index (χ3v) is 1.84. The van der Waals surface area contributed by atoms with Crippen LogP contribution in [0.25, 0.3) is 0 Å². The van der Waals surface area contributed by atoms with Crippen LogP contribution in [-0.4, -0.2) is 47.9 Å². The number of carboxylic acid groups (broad SMARTS) is 1.